The maximum atomic E-state index is 9.73. The van der Waals surface area contributed by atoms with Crippen molar-refractivity contribution in [1.29, 1.82) is 0 Å². The van der Waals surface area contributed by atoms with Gasteiger partial charge in [-0.2, -0.15) is 0 Å². The lowest BCUT2D eigenvalue weighted by Gasteiger charge is -2.21. The minimum absolute atomic E-state index is 0.00116. The molecule has 2 saturated carbocycles. The smallest absolute Gasteiger partial charge is 0.0579 e. The van der Waals surface area contributed by atoms with Crippen LogP contribution in [-0.2, 0) is 0 Å². The fraction of sp³-hybridized carbons (Fsp3) is 1.00. The molecule has 2 aliphatic carbocycles. The highest BCUT2D eigenvalue weighted by Gasteiger charge is 2.62. The summed E-state index contributed by atoms with van der Waals surface area (Å²) in [5, 5.41) is 9.73. The molecule has 0 aromatic heterocycles. The number of fused-ring (bicyclic) bond motifs is 1. The van der Waals surface area contributed by atoms with Crippen LogP contribution in [0.25, 0.3) is 0 Å². The Balaban J connectivity index is 2.11. The fourth-order valence-corrected chi connectivity index (χ4v) is 3.09. The normalized spacial score (nSPS) is 53.5. The van der Waals surface area contributed by atoms with Gasteiger partial charge < -0.3 is 5.11 Å². The van der Waals surface area contributed by atoms with Crippen molar-refractivity contribution < 1.29 is 5.11 Å². The van der Waals surface area contributed by atoms with Crippen molar-refractivity contribution in [3.05, 3.63) is 0 Å². The summed E-state index contributed by atoms with van der Waals surface area (Å²) in [5.74, 6) is 2.19. The SMILES string of the molecule is C[C@H]1C[C@@H](O)[C@@H]2[C@H](C1)C2(C)C. The van der Waals surface area contributed by atoms with Crippen molar-refractivity contribution in [1.82, 2.24) is 0 Å². The molecule has 2 rings (SSSR count). The van der Waals surface area contributed by atoms with E-state index in [4.69, 9.17) is 0 Å². The average Bonchev–Trinajstić information content (AvgIpc) is 2.34. The third-order valence-corrected chi connectivity index (χ3v) is 3.85. The molecule has 64 valence electrons. The molecule has 0 aliphatic heterocycles. The van der Waals surface area contributed by atoms with Gasteiger partial charge >= 0.3 is 0 Å². The Labute approximate surface area is 68.8 Å². The monoisotopic (exact) mass is 154 g/mol. The summed E-state index contributed by atoms with van der Waals surface area (Å²) in [5.41, 5.74) is 0.449. The zero-order valence-corrected chi connectivity index (χ0v) is 7.67. The Morgan fingerprint density at radius 1 is 1.27 bits per heavy atom. The summed E-state index contributed by atoms with van der Waals surface area (Å²) >= 11 is 0. The first-order valence-electron chi connectivity index (χ1n) is 4.71. The lowest BCUT2D eigenvalue weighted by molar-refractivity contribution is 0.0889. The minimum atomic E-state index is -0.00116. The second-order valence-corrected chi connectivity index (χ2v) is 5.10. The van der Waals surface area contributed by atoms with E-state index < -0.39 is 0 Å². The van der Waals surface area contributed by atoms with Gasteiger partial charge in [-0.15, -0.1) is 0 Å². The van der Waals surface area contributed by atoms with Crippen LogP contribution in [0.2, 0.25) is 0 Å². The molecular weight excluding hydrogens is 136 g/mol. The second-order valence-electron chi connectivity index (χ2n) is 5.10. The highest BCUT2D eigenvalue weighted by Crippen LogP contribution is 2.65. The molecular formula is C10H18O. The van der Waals surface area contributed by atoms with Gasteiger partial charge in [-0.3, -0.25) is 0 Å². The summed E-state index contributed by atoms with van der Waals surface area (Å²) in [6.45, 7) is 6.85. The van der Waals surface area contributed by atoms with Crippen molar-refractivity contribution in [2.75, 3.05) is 0 Å². The third-order valence-electron chi connectivity index (χ3n) is 3.85. The van der Waals surface area contributed by atoms with Gasteiger partial charge in [0, 0.05) is 0 Å². The molecule has 11 heavy (non-hydrogen) atoms. The van der Waals surface area contributed by atoms with Gasteiger partial charge in [0.15, 0.2) is 0 Å². The van der Waals surface area contributed by atoms with Crippen LogP contribution in [0, 0.1) is 23.2 Å². The van der Waals surface area contributed by atoms with E-state index in [1.165, 1.54) is 6.42 Å². The number of hydrogen-bond donors (Lipinski definition) is 1. The van der Waals surface area contributed by atoms with Gasteiger partial charge in [-0.05, 0) is 36.0 Å². The van der Waals surface area contributed by atoms with Crippen LogP contribution in [0.1, 0.15) is 33.6 Å². The molecule has 2 aliphatic rings. The molecule has 0 aromatic carbocycles. The topological polar surface area (TPSA) is 20.2 Å². The minimum Gasteiger partial charge on any atom is -0.393 e. The Morgan fingerprint density at radius 3 is 2.45 bits per heavy atom. The van der Waals surface area contributed by atoms with Crippen molar-refractivity contribution in [2.45, 2.75) is 39.7 Å². The molecule has 0 unspecified atom stereocenters. The average molecular weight is 154 g/mol. The van der Waals surface area contributed by atoms with Crippen LogP contribution in [0.5, 0.6) is 0 Å². The van der Waals surface area contributed by atoms with Crippen LogP contribution in [-0.4, -0.2) is 11.2 Å². The van der Waals surface area contributed by atoms with E-state index in [0.29, 0.717) is 11.3 Å². The molecule has 2 fully saturated rings. The Morgan fingerprint density at radius 2 is 1.91 bits per heavy atom. The first-order valence-corrected chi connectivity index (χ1v) is 4.71. The van der Waals surface area contributed by atoms with Crippen molar-refractivity contribution in [3.8, 4) is 0 Å². The molecule has 0 bridgehead atoms. The molecule has 1 nitrogen and oxygen atoms in total. The Bertz CT molecular complexity index is 174. The van der Waals surface area contributed by atoms with Crippen molar-refractivity contribution in [2.24, 2.45) is 23.2 Å². The van der Waals surface area contributed by atoms with E-state index in [0.717, 1.165) is 18.3 Å². The van der Waals surface area contributed by atoms with Gasteiger partial charge in [0.1, 0.15) is 0 Å². The number of aliphatic hydroxyl groups excluding tert-OH is 1. The quantitative estimate of drug-likeness (QED) is 0.566. The predicted molar refractivity (Wildman–Crippen MR) is 45.2 cm³/mol. The largest absolute Gasteiger partial charge is 0.393 e. The van der Waals surface area contributed by atoms with E-state index >= 15 is 0 Å². The van der Waals surface area contributed by atoms with Crippen molar-refractivity contribution in [3.63, 3.8) is 0 Å². The number of aliphatic hydroxyl groups is 1. The number of hydrogen-bond acceptors (Lipinski definition) is 1. The maximum absolute atomic E-state index is 9.73. The van der Waals surface area contributed by atoms with Gasteiger partial charge in [-0.1, -0.05) is 20.8 Å². The summed E-state index contributed by atoms with van der Waals surface area (Å²) in [6.07, 6.45) is 2.37. The molecule has 0 aromatic rings. The lowest BCUT2D eigenvalue weighted by Crippen LogP contribution is -2.20. The zero-order valence-electron chi connectivity index (χ0n) is 7.67. The standard InChI is InChI=1S/C10H18O/c1-6-4-7-9(8(11)5-6)10(7,2)3/h6-9,11H,4-5H2,1-3H3/t6-,7+,8-,9+/m1/s1. The van der Waals surface area contributed by atoms with Gasteiger partial charge in [0.05, 0.1) is 6.10 Å². The van der Waals surface area contributed by atoms with Gasteiger partial charge in [-0.25, -0.2) is 0 Å². The van der Waals surface area contributed by atoms with E-state index in [-0.39, 0.29) is 6.10 Å². The number of rotatable bonds is 0. The Hall–Kier alpha value is -0.0400. The maximum Gasteiger partial charge on any atom is 0.0579 e. The third kappa shape index (κ3) is 0.936. The highest BCUT2D eigenvalue weighted by atomic mass is 16.3. The summed E-state index contributed by atoms with van der Waals surface area (Å²) in [6, 6.07) is 0. The van der Waals surface area contributed by atoms with E-state index in [1.807, 2.05) is 0 Å². The van der Waals surface area contributed by atoms with Crippen LogP contribution < -0.4 is 0 Å². The molecule has 0 radical (unpaired) electrons. The van der Waals surface area contributed by atoms with E-state index in [9.17, 15) is 5.11 Å². The summed E-state index contributed by atoms with van der Waals surface area (Å²) in [4.78, 5) is 0. The second kappa shape index (κ2) is 2.01. The van der Waals surface area contributed by atoms with Crippen molar-refractivity contribution >= 4 is 0 Å². The van der Waals surface area contributed by atoms with Crippen LogP contribution >= 0.6 is 0 Å². The predicted octanol–water partition coefficient (Wildman–Crippen LogP) is 2.05. The molecule has 0 saturated heterocycles. The van der Waals surface area contributed by atoms with Crippen LogP contribution in [0.3, 0.4) is 0 Å². The van der Waals surface area contributed by atoms with Crippen LogP contribution in [0.15, 0.2) is 0 Å². The molecule has 0 heterocycles. The molecule has 0 spiro atoms. The zero-order chi connectivity index (χ0) is 8.22. The first-order chi connectivity index (χ1) is 5.03. The molecule has 0 amide bonds. The Kier molecular flexibility index (Phi) is 1.39. The summed E-state index contributed by atoms with van der Waals surface area (Å²) < 4.78 is 0. The lowest BCUT2D eigenvalue weighted by atomic mass is 9.89. The molecule has 4 atom stereocenters. The van der Waals surface area contributed by atoms with E-state index in [2.05, 4.69) is 20.8 Å². The first kappa shape index (κ1) is 7.60. The highest BCUT2D eigenvalue weighted by molar-refractivity contribution is 5.10. The van der Waals surface area contributed by atoms with E-state index in [1.54, 1.807) is 0 Å². The molecule has 1 N–H and O–H groups in total. The van der Waals surface area contributed by atoms with Gasteiger partial charge in [0.25, 0.3) is 0 Å². The molecule has 1 heteroatoms. The fourth-order valence-electron chi connectivity index (χ4n) is 3.09. The van der Waals surface area contributed by atoms with Crippen LogP contribution in [0.4, 0.5) is 0 Å². The summed E-state index contributed by atoms with van der Waals surface area (Å²) in [7, 11) is 0. The van der Waals surface area contributed by atoms with Gasteiger partial charge in [0.2, 0.25) is 0 Å².